The summed E-state index contributed by atoms with van der Waals surface area (Å²) >= 11 is 0. The standard InChI is InChI=1S/C42H54O19/c1-20-7-9-26(43)19-27(37(51)59-23(4)28(44)11-14-32(48)56-20)42-36-35(31(47)10-8-21(2)57-33(49)15-12-29(45)24(5)60-38(36)52)41(55,39(42)53)18-17-22(3)58-34(50)16-13-30(46)25(6)61-40(42)54/h11-16,20-25,27-30,35-36,44-46,55H,7-10,17-19H2,1-6H3/t20-,21-,22-,23-,24-,25-,27-,28+,29+,30+,35-,36+,41-,42-/m0/s1. The Balaban J connectivity index is 2.11. The van der Waals surface area contributed by atoms with Crippen LogP contribution < -0.4 is 0 Å². The molecule has 3 aliphatic heterocycles. The molecule has 4 aliphatic rings. The maximum atomic E-state index is 15.6. The average Bonchev–Trinajstić information content (AvgIpc) is 3.39. The van der Waals surface area contributed by atoms with Gasteiger partial charge >= 0.3 is 35.8 Å². The number of aliphatic hydroxyl groups is 4. The van der Waals surface area contributed by atoms with Crippen LogP contribution in [0.5, 0.6) is 0 Å². The van der Waals surface area contributed by atoms with Gasteiger partial charge in [0.05, 0.1) is 36.1 Å². The van der Waals surface area contributed by atoms with Crippen LogP contribution in [0.1, 0.15) is 86.5 Å². The van der Waals surface area contributed by atoms with Crippen LogP contribution in [0.15, 0.2) is 36.5 Å². The van der Waals surface area contributed by atoms with E-state index in [0.29, 0.717) is 0 Å². The highest BCUT2D eigenvalue weighted by molar-refractivity contribution is 6.19. The molecule has 0 aromatic rings. The Kier molecular flexibility index (Phi) is 16.1. The Morgan fingerprint density at radius 2 is 0.967 bits per heavy atom. The van der Waals surface area contributed by atoms with Crippen LogP contribution in [0, 0.1) is 23.2 Å². The molecule has 4 N–H and O–H groups in total. The molecule has 0 amide bonds. The Morgan fingerprint density at radius 1 is 0.541 bits per heavy atom. The number of hydrogen-bond acceptors (Lipinski definition) is 19. The molecule has 0 unspecified atom stereocenters. The molecular formula is C42H54O19. The van der Waals surface area contributed by atoms with Gasteiger partial charge in [-0.25, -0.2) is 14.4 Å². The van der Waals surface area contributed by atoms with E-state index in [0.717, 1.165) is 50.3 Å². The summed E-state index contributed by atoms with van der Waals surface area (Å²) in [5.41, 5.74) is -6.51. The zero-order valence-electron chi connectivity index (χ0n) is 34.8. The number of carbonyl (C=O) groups is 9. The van der Waals surface area contributed by atoms with Crippen molar-refractivity contribution in [2.45, 2.75) is 147 Å². The summed E-state index contributed by atoms with van der Waals surface area (Å²) in [5, 5.41) is 45.6. The number of fused-ring (bicyclic) bond motifs is 5. The largest absolute Gasteiger partial charge is 0.460 e. The molecule has 1 aliphatic carbocycles. The molecule has 4 rings (SSSR count). The lowest BCUT2D eigenvalue weighted by molar-refractivity contribution is -0.191. The van der Waals surface area contributed by atoms with E-state index in [1.165, 1.54) is 27.7 Å². The topological polar surface area (TPSA) is 290 Å². The van der Waals surface area contributed by atoms with Crippen molar-refractivity contribution in [1.29, 1.82) is 0 Å². The van der Waals surface area contributed by atoms with Crippen LogP contribution in [-0.2, 0) is 71.6 Å². The number of rotatable bonds is 1. The lowest BCUT2D eigenvalue weighted by Crippen LogP contribution is -2.57. The molecule has 1 saturated carbocycles. The minimum Gasteiger partial charge on any atom is -0.460 e. The van der Waals surface area contributed by atoms with Crippen molar-refractivity contribution in [3.05, 3.63) is 36.5 Å². The van der Waals surface area contributed by atoms with Crippen LogP contribution in [0.25, 0.3) is 0 Å². The maximum absolute atomic E-state index is 15.6. The molecule has 19 heteroatoms. The lowest BCUT2D eigenvalue weighted by atomic mass is 9.63. The zero-order chi connectivity index (χ0) is 45.6. The molecule has 2 bridgehead atoms. The number of esters is 6. The number of hydrogen-bond donors (Lipinski definition) is 4. The molecule has 0 aromatic carbocycles. The van der Waals surface area contributed by atoms with Crippen LogP contribution in [0.3, 0.4) is 0 Å². The first-order valence-electron chi connectivity index (χ1n) is 20.2. The molecule has 1 fully saturated rings. The summed E-state index contributed by atoms with van der Waals surface area (Å²) < 4.78 is 32.8. The molecule has 0 saturated heterocycles. The number of aliphatic hydroxyl groups excluding tert-OH is 3. The van der Waals surface area contributed by atoms with E-state index < -0.39 is 169 Å². The smallest absolute Gasteiger partial charge is 0.330 e. The van der Waals surface area contributed by atoms with Crippen molar-refractivity contribution < 1.29 is 92.0 Å². The van der Waals surface area contributed by atoms with Gasteiger partial charge in [0.15, 0.2) is 11.2 Å². The summed E-state index contributed by atoms with van der Waals surface area (Å²) in [6.07, 6.45) is -11.7. The molecular weight excluding hydrogens is 808 g/mol. The van der Waals surface area contributed by atoms with Crippen LogP contribution in [-0.4, -0.2) is 134 Å². The van der Waals surface area contributed by atoms with E-state index >= 15 is 9.59 Å². The monoisotopic (exact) mass is 862 g/mol. The molecule has 14 atom stereocenters. The van der Waals surface area contributed by atoms with Gasteiger partial charge in [0.25, 0.3) is 0 Å². The third-order valence-corrected chi connectivity index (χ3v) is 11.5. The highest BCUT2D eigenvalue weighted by atomic mass is 16.6. The van der Waals surface area contributed by atoms with Gasteiger partial charge in [-0.05, 0) is 85.5 Å². The molecule has 3 heterocycles. The first-order chi connectivity index (χ1) is 28.5. The Hall–Kier alpha value is -5.11. The first-order valence-corrected chi connectivity index (χ1v) is 20.2. The number of carbonyl (C=O) groups excluding carboxylic acids is 9. The quantitative estimate of drug-likeness (QED) is 0.157. The maximum Gasteiger partial charge on any atom is 0.330 e. The zero-order valence-corrected chi connectivity index (χ0v) is 34.8. The van der Waals surface area contributed by atoms with Crippen LogP contribution >= 0.6 is 0 Å². The van der Waals surface area contributed by atoms with Crippen molar-refractivity contribution in [3.63, 3.8) is 0 Å². The van der Waals surface area contributed by atoms with Gasteiger partial charge in [0.1, 0.15) is 53.8 Å². The highest BCUT2D eigenvalue weighted by Crippen LogP contribution is 2.59. The Morgan fingerprint density at radius 3 is 1.46 bits per heavy atom. The summed E-state index contributed by atoms with van der Waals surface area (Å²) in [7, 11) is 0. The van der Waals surface area contributed by atoms with E-state index in [9.17, 15) is 54.0 Å². The Bertz CT molecular complexity index is 1830. The normalized spacial score (nSPS) is 39.5. The fourth-order valence-electron chi connectivity index (χ4n) is 7.90. The molecule has 0 radical (unpaired) electrons. The van der Waals surface area contributed by atoms with Gasteiger partial charge in [0, 0.05) is 37.5 Å². The summed E-state index contributed by atoms with van der Waals surface area (Å²) in [6, 6.07) is 0. The molecule has 0 spiro atoms. The number of ether oxygens (including phenoxy) is 6. The molecule has 61 heavy (non-hydrogen) atoms. The van der Waals surface area contributed by atoms with Gasteiger partial charge in [-0.2, -0.15) is 0 Å². The summed E-state index contributed by atoms with van der Waals surface area (Å²) in [4.78, 5) is 127. The van der Waals surface area contributed by atoms with Crippen LogP contribution in [0.4, 0.5) is 0 Å². The first kappa shape index (κ1) is 48.6. The SMILES string of the molecule is C[C@@H]1OC(=O)[C@@H]([C@@]23C(=O)O[C@@H](C)[C@H](O)C=CC(=O)O[C@@H](C)CC[C@@](O)(C2=O)[C@H]2C(=O)CC[C@H](C)OC(=O)C=C[C@@H](O)[C@H](C)OC(=O)[C@@H]23)CC(=O)CC[C@H](C)OC(=O)C=C[C@H]1O. The predicted molar refractivity (Wildman–Crippen MR) is 204 cm³/mol. The third-order valence-electron chi connectivity index (χ3n) is 11.5. The Labute approximate surface area is 351 Å². The lowest BCUT2D eigenvalue weighted by Gasteiger charge is -2.38. The average molecular weight is 863 g/mol. The van der Waals surface area contributed by atoms with Crippen molar-refractivity contribution in [1.82, 2.24) is 0 Å². The minimum absolute atomic E-state index is 0.154. The van der Waals surface area contributed by atoms with Gasteiger partial charge in [0.2, 0.25) is 0 Å². The van der Waals surface area contributed by atoms with E-state index in [1.807, 2.05) is 0 Å². The fraction of sp³-hybridized carbons (Fsp3) is 0.643. The second-order valence-corrected chi connectivity index (χ2v) is 16.1. The van der Waals surface area contributed by atoms with E-state index in [1.54, 1.807) is 0 Å². The van der Waals surface area contributed by atoms with E-state index in [-0.39, 0.29) is 12.8 Å². The number of cyclic esters (lactones) is 6. The molecule has 336 valence electrons. The van der Waals surface area contributed by atoms with Crippen molar-refractivity contribution >= 4 is 53.2 Å². The highest BCUT2D eigenvalue weighted by Gasteiger charge is 2.79. The second-order valence-electron chi connectivity index (χ2n) is 16.1. The number of Topliss-reactive ketones (excluding diaryl/α,β-unsaturated/α-hetero) is 3. The summed E-state index contributed by atoms with van der Waals surface area (Å²) in [5.74, 6) is -18.5. The summed E-state index contributed by atoms with van der Waals surface area (Å²) in [6.45, 7) is 7.71. The van der Waals surface area contributed by atoms with E-state index in [2.05, 4.69) is 0 Å². The van der Waals surface area contributed by atoms with Crippen molar-refractivity contribution in [2.24, 2.45) is 23.2 Å². The van der Waals surface area contributed by atoms with Crippen molar-refractivity contribution in [2.75, 3.05) is 0 Å². The fourth-order valence-corrected chi connectivity index (χ4v) is 7.90. The van der Waals surface area contributed by atoms with Crippen molar-refractivity contribution in [3.8, 4) is 0 Å². The van der Waals surface area contributed by atoms with Gasteiger partial charge in [-0.15, -0.1) is 0 Å². The third kappa shape index (κ3) is 11.0. The molecule has 0 aromatic heterocycles. The van der Waals surface area contributed by atoms with E-state index in [4.69, 9.17) is 28.4 Å². The second kappa shape index (κ2) is 20.2. The van der Waals surface area contributed by atoms with Crippen LogP contribution in [0.2, 0.25) is 0 Å². The minimum atomic E-state index is -3.40. The predicted octanol–water partition coefficient (Wildman–Crippen LogP) is 0.386. The number of ketones is 3. The molecule has 19 nitrogen and oxygen atoms in total. The van der Waals surface area contributed by atoms with Gasteiger partial charge in [-0.3, -0.25) is 28.8 Å². The van der Waals surface area contributed by atoms with Gasteiger partial charge < -0.3 is 48.8 Å². The van der Waals surface area contributed by atoms with Gasteiger partial charge in [-0.1, -0.05) is 0 Å².